The van der Waals surface area contributed by atoms with Gasteiger partial charge in [-0.15, -0.1) is 0 Å². The summed E-state index contributed by atoms with van der Waals surface area (Å²) in [7, 11) is 2.14. The molecule has 1 aromatic carbocycles. The molecule has 2 aromatic rings. The topological polar surface area (TPSA) is 70.5 Å². The van der Waals surface area contributed by atoms with Crippen molar-refractivity contribution in [3.63, 3.8) is 0 Å². The van der Waals surface area contributed by atoms with Crippen LogP contribution in [-0.2, 0) is 11.2 Å². The molecule has 0 radical (unpaired) electrons. The Morgan fingerprint density at radius 3 is 2.82 bits per heavy atom. The Hall–Kier alpha value is -2.21. The number of aromatic amines is 1. The van der Waals surface area contributed by atoms with Crippen molar-refractivity contribution < 1.29 is 9.69 Å². The van der Waals surface area contributed by atoms with Crippen LogP contribution in [-0.4, -0.2) is 54.0 Å². The fourth-order valence-electron chi connectivity index (χ4n) is 2.77. The van der Waals surface area contributed by atoms with E-state index in [0.717, 1.165) is 26.2 Å². The second-order valence-electron chi connectivity index (χ2n) is 5.87. The van der Waals surface area contributed by atoms with Gasteiger partial charge >= 0.3 is 0 Å². The molecule has 1 aliphatic heterocycles. The number of aromatic nitrogens is 2. The predicted octanol–water partition coefficient (Wildman–Crippen LogP) is -0.787. The molecule has 2 heterocycles. The summed E-state index contributed by atoms with van der Waals surface area (Å²) in [6.45, 7) is 3.62. The predicted molar refractivity (Wildman–Crippen MR) is 83.9 cm³/mol. The Morgan fingerprint density at radius 2 is 2.05 bits per heavy atom. The van der Waals surface area contributed by atoms with E-state index in [0.29, 0.717) is 29.6 Å². The molecule has 6 nitrogen and oxygen atoms in total. The highest BCUT2D eigenvalue weighted by Crippen LogP contribution is 2.07. The lowest BCUT2D eigenvalue weighted by Gasteiger charge is -2.30. The molecule has 3 rings (SSSR count). The van der Waals surface area contributed by atoms with E-state index < -0.39 is 0 Å². The van der Waals surface area contributed by atoms with Crippen LogP contribution in [0.25, 0.3) is 10.9 Å². The summed E-state index contributed by atoms with van der Waals surface area (Å²) < 4.78 is 0. The van der Waals surface area contributed by atoms with Gasteiger partial charge in [0.2, 0.25) is 5.91 Å². The number of nitrogens with one attached hydrogen (secondary N) is 2. The van der Waals surface area contributed by atoms with E-state index in [1.54, 1.807) is 6.07 Å². The van der Waals surface area contributed by atoms with Gasteiger partial charge in [0.05, 0.1) is 44.1 Å². The maximum absolute atomic E-state index is 12.2. The highest BCUT2D eigenvalue weighted by Gasteiger charge is 2.21. The van der Waals surface area contributed by atoms with Crippen LogP contribution in [0.4, 0.5) is 0 Å². The Morgan fingerprint density at radius 1 is 1.32 bits per heavy atom. The molecule has 0 bridgehead atoms. The number of benzene rings is 1. The van der Waals surface area contributed by atoms with E-state index in [1.807, 2.05) is 23.1 Å². The van der Waals surface area contributed by atoms with Crippen molar-refractivity contribution in [3.8, 4) is 0 Å². The largest absolute Gasteiger partial charge is 0.334 e. The average Bonchev–Trinajstić information content (AvgIpc) is 2.53. The van der Waals surface area contributed by atoms with Gasteiger partial charge in [-0.2, -0.15) is 0 Å². The molecule has 1 amide bonds. The van der Waals surface area contributed by atoms with Crippen molar-refractivity contribution in [3.05, 3.63) is 40.4 Å². The molecule has 1 saturated heterocycles. The maximum Gasteiger partial charge on any atom is 0.258 e. The fraction of sp³-hybridized carbons (Fsp3) is 0.438. The van der Waals surface area contributed by atoms with Crippen LogP contribution in [0.1, 0.15) is 12.2 Å². The zero-order chi connectivity index (χ0) is 15.5. The number of H-pyrrole nitrogens is 1. The Labute approximate surface area is 128 Å². The number of carbonyl (C=O) groups is 1. The van der Waals surface area contributed by atoms with Crippen molar-refractivity contribution in [2.45, 2.75) is 12.8 Å². The molecular formula is C16H21N4O2+. The lowest BCUT2D eigenvalue weighted by Crippen LogP contribution is -3.12. The van der Waals surface area contributed by atoms with Gasteiger partial charge in [0, 0.05) is 12.8 Å². The molecule has 6 heteroatoms. The molecule has 0 aliphatic carbocycles. The van der Waals surface area contributed by atoms with Crippen LogP contribution in [0.15, 0.2) is 29.1 Å². The number of piperazine rings is 1. The normalized spacial score (nSPS) is 16.1. The average molecular weight is 301 g/mol. The highest BCUT2D eigenvalue weighted by molar-refractivity contribution is 5.78. The van der Waals surface area contributed by atoms with E-state index in [-0.39, 0.29) is 11.5 Å². The minimum Gasteiger partial charge on any atom is -0.334 e. The van der Waals surface area contributed by atoms with Gasteiger partial charge < -0.3 is 14.8 Å². The molecule has 1 aliphatic rings. The summed E-state index contributed by atoms with van der Waals surface area (Å²) in [4.78, 5) is 34.8. The van der Waals surface area contributed by atoms with E-state index >= 15 is 0 Å². The first-order valence-corrected chi connectivity index (χ1v) is 7.70. The Bertz CT molecular complexity index is 732. The molecule has 0 atom stereocenters. The lowest BCUT2D eigenvalue weighted by molar-refractivity contribution is -0.883. The van der Waals surface area contributed by atoms with Gasteiger partial charge in [-0.25, -0.2) is 4.98 Å². The van der Waals surface area contributed by atoms with Crippen LogP contribution in [0.2, 0.25) is 0 Å². The number of hydrogen-bond donors (Lipinski definition) is 2. The summed E-state index contributed by atoms with van der Waals surface area (Å²) in [5, 5.41) is 0.583. The molecule has 0 spiro atoms. The molecule has 116 valence electrons. The number of aryl methyl sites for hydroxylation is 1. The molecular weight excluding hydrogens is 280 g/mol. The first kappa shape index (κ1) is 14.7. The SMILES string of the molecule is C[NH+]1CCN(C(=O)CCc2nc3ccccc3c(=O)[nH]2)CC1. The smallest absolute Gasteiger partial charge is 0.258 e. The molecule has 22 heavy (non-hydrogen) atoms. The van der Waals surface area contributed by atoms with Gasteiger partial charge in [0.1, 0.15) is 5.82 Å². The molecule has 0 saturated carbocycles. The van der Waals surface area contributed by atoms with E-state index in [4.69, 9.17) is 0 Å². The third-order valence-electron chi connectivity index (χ3n) is 4.21. The van der Waals surface area contributed by atoms with Crippen LogP contribution < -0.4 is 10.5 Å². The molecule has 1 aromatic heterocycles. The number of carbonyl (C=O) groups excluding carboxylic acids is 1. The van der Waals surface area contributed by atoms with Crippen molar-refractivity contribution in [2.75, 3.05) is 33.2 Å². The van der Waals surface area contributed by atoms with Crippen LogP contribution in [0.5, 0.6) is 0 Å². The molecule has 0 unspecified atom stereocenters. The van der Waals surface area contributed by atoms with Crippen molar-refractivity contribution in [2.24, 2.45) is 0 Å². The van der Waals surface area contributed by atoms with Gasteiger partial charge in [-0.1, -0.05) is 12.1 Å². The van der Waals surface area contributed by atoms with E-state index in [1.165, 1.54) is 4.90 Å². The third kappa shape index (κ3) is 3.17. The number of quaternary nitrogens is 1. The van der Waals surface area contributed by atoms with Crippen LogP contribution >= 0.6 is 0 Å². The number of amides is 1. The van der Waals surface area contributed by atoms with Crippen LogP contribution in [0.3, 0.4) is 0 Å². The number of fused-ring (bicyclic) bond motifs is 1. The minimum absolute atomic E-state index is 0.142. The summed E-state index contributed by atoms with van der Waals surface area (Å²) in [6, 6.07) is 7.25. The maximum atomic E-state index is 12.2. The van der Waals surface area contributed by atoms with E-state index in [2.05, 4.69) is 17.0 Å². The van der Waals surface area contributed by atoms with Crippen LogP contribution in [0, 0.1) is 0 Å². The van der Waals surface area contributed by atoms with Gasteiger partial charge in [0.15, 0.2) is 0 Å². The van der Waals surface area contributed by atoms with Crippen molar-refractivity contribution in [1.29, 1.82) is 0 Å². The standard InChI is InChI=1S/C16H20N4O2/c1-19-8-10-20(11-9-19)15(21)7-6-14-17-13-5-3-2-4-12(13)16(22)18-14/h2-5H,6-11H2,1H3,(H,17,18,22)/p+1. The van der Waals surface area contributed by atoms with Gasteiger partial charge in [-0.05, 0) is 12.1 Å². The number of nitrogens with zero attached hydrogens (tertiary/aromatic N) is 2. The zero-order valence-electron chi connectivity index (χ0n) is 12.8. The summed E-state index contributed by atoms with van der Waals surface area (Å²) in [5.41, 5.74) is 0.535. The summed E-state index contributed by atoms with van der Waals surface area (Å²) >= 11 is 0. The number of hydrogen-bond acceptors (Lipinski definition) is 3. The quantitative estimate of drug-likeness (QED) is 0.781. The second kappa shape index (κ2) is 6.27. The van der Waals surface area contributed by atoms with Crippen molar-refractivity contribution >= 4 is 16.8 Å². The minimum atomic E-state index is -0.142. The lowest BCUT2D eigenvalue weighted by atomic mass is 10.2. The number of rotatable bonds is 3. The monoisotopic (exact) mass is 301 g/mol. The van der Waals surface area contributed by atoms with Crippen molar-refractivity contribution in [1.82, 2.24) is 14.9 Å². The highest BCUT2D eigenvalue weighted by atomic mass is 16.2. The second-order valence-corrected chi connectivity index (χ2v) is 5.87. The van der Waals surface area contributed by atoms with Gasteiger partial charge in [0.25, 0.3) is 5.56 Å². The first-order chi connectivity index (χ1) is 10.6. The Kier molecular flexibility index (Phi) is 4.20. The Balaban J connectivity index is 1.66. The summed E-state index contributed by atoms with van der Waals surface area (Å²) in [6.07, 6.45) is 0.860. The third-order valence-corrected chi connectivity index (χ3v) is 4.21. The van der Waals surface area contributed by atoms with Gasteiger partial charge in [-0.3, -0.25) is 9.59 Å². The molecule has 2 N–H and O–H groups in total. The number of para-hydroxylation sites is 1. The molecule has 1 fully saturated rings. The van der Waals surface area contributed by atoms with E-state index in [9.17, 15) is 9.59 Å². The number of likely N-dealkylation sites (N-methyl/N-ethyl adjacent to an activating group) is 1. The summed E-state index contributed by atoms with van der Waals surface area (Å²) in [5.74, 6) is 0.722. The fourth-order valence-corrected chi connectivity index (χ4v) is 2.77. The zero-order valence-corrected chi connectivity index (χ0v) is 12.8. The first-order valence-electron chi connectivity index (χ1n) is 7.70.